The second kappa shape index (κ2) is 5.01. The minimum Gasteiger partial charge on any atom is -0.512 e. The van der Waals surface area contributed by atoms with Gasteiger partial charge in [0, 0.05) is 19.0 Å². The Morgan fingerprint density at radius 1 is 1.41 bits per heavy atom. The molecule has 1 aliphatic rings. The highest BCUT2D eigenvalue weighted by Gasteiger charge is 2.25. The van der Waals surface area contributed by atoms with Crippen LogP contribution in [0.3, 0.4) is 0 Å². The Hall–Kier alpha value is -1.81. The molecule has 1 aromatic rings. The highest BCUT2D eigenvalue weighted by atomic mass is 16.5. The van der Waals surface area contributed by atoms with Gasteiger partial charge in [0.15, 0.2) is 0 Å². The molecule has 1 heterocycles. The third kappa shape index (κ3) is 2.47. The van der Waals surface area contributed by atoms with Crippen LogP contribution in [0.5, 0.6) is 0 Å². The lowest BCUT2D eigenvalue weighted by atomic mass is 9.97. The number of rotatable bonds is 2. The molecule has 17 heavy (non-hydrogen) atoms. The topological polar surface area (TPSA) is 58.6 Å². The van der Waals surface area contributed by atoms with Gasteiger partial charge in [0.1, 0.15) is 5.76 Å². The summed E-state index contributed by atoms with van der Waals surface area (Å²) in [6, 6.07) is 9.88. The number of carbonyl (C=O) groups is 1. The summed E-state index contributed by atoms with van der Waals surface area (Å²) in [5.74, 6) is -0.356. The first-order chi connectivity index (χ1) is 8.22. The fourth-order valence-corrected chi connectivity index (χ4v) is 1.95. The van der Waals surface area contributed by atoms with E-state index in [1.807, 2.05) is 30.3 Å². The maximum Gasteiger partial charge on any atom is 0.338 e. The molecule has 0 amide bonds. The van der Waals surface area contributed by atoms with Crippen molar-refractivity contribution >= 4 is 5.97 Å². The van der Waals surface area contributed by atoms with Crippen LogP contribution in [0.25, 0.3) is 0 Å². The zero-order valence-corrected chi connectivity index (χ0v) is 9.64. The van der Waals surface area contributed by atoms with Gasteiger partial charge in [-0.2, -0.15) is 0 Å². The predicted octanol–water partition coefficient (Wildman–Crippen LogP) is 1.71. The van der Waals surface area contributed by atoms with Crippen molar-refractivity contribution in [3.8, 4) is 0 Å². The maximum atomic E-state index is 11.3. The van der Waals surface area contributed by atoms with Gasteiger partial charge in [-0.1, -0.05) is 30.3 Å². The van der Waals surface area contributed by atoms with Gasteiger partial charge in [-0.3, -0.25) is 0 Å². The highest BCUT2D eigenvalue weighted by molar-refractivity contribution is 5.89. The monoisotopic (exact) mass is 233 g/mol. The van der Waals surface area contributed by atoms with E-state index < -0.39 is 5.97 Å². The minimum absolute atomic E-state index is 0.0459. The molecule has 2 N–H and O–H groups in total. The second-order valence-electron chi connectivity index (χ2n) is 3.97. The fourth-order valence-electron chi connectivity index (χ4n) is 1.95. The number of carbonyl (C=O) groups excluding carboxylic acids is 1. The molecule has 0 aliphatic carbocycles. The fraction of sp³-hybridized carbons (Fsp3) is 0.308. The molecule has 0 saturated heterocycles. The zero-order valence-electron chi connectivity index (χ0n) is 9.64. The Morgan fingerprint density at radius 3 is 2.71 bits per heavy atom. The van der Waals surface area contributed by atoms with Gasteiger partial charge in [-0.15, -0.1) is 0 Å². The smallest absolute Gasteiger partial charge is 0.338 e. The van der Waals surface area contributed by atoms with Crippen molar-refractivity contribution in [1.82, 2.24) is 5.32 Å². The molecule has 1 unspecified atom stereocenters. The average Bonchev–Trinajstić information content (AvgIpc) is 2.39. The largest absolute Gasteiger partial charge is 0.512 e. The van der Waals surface area contributed by atoms with Gasteiger partial charge in [0.25, 0.3) is 0 Å². The molecule has 2 rings (SSSR count). The first-order valence-corrected chi connectivity index (χ1v) is 5.50. The molecular weight excluding hydrogens is 218 g/mol. The van der Waals surface area contributed by atoms with Crippen LogP contribution in [0, 0.1) is 0 Å². The number of aliphatic hydroxyl groups is 1. The molecule has 0 fully saturated rings. The zero-order chi connectivity index (χ0) is 12.3. The number of aliphatic hydroxyl groups excluding tert-OH is 1. The van der Waals surface area contributed by atoms with Gasteiger partial charge < -0.3 is 15.2 Å². The lowest BCUT2D eigenvalue weighted by Gasteiger charge is -2.25. The minimum atomic E-state index is -0.471. The number of methoxy groups -OCH3 is 1. The van der Waals surface area contributed by atoms with E-state index in [4.69, 9.17) is 0 Å². The Kier molecular flexibility index (Phi) is 3.44. The lowest BCUT2D eigenvalue weighted by molar-refractivity contribution is -0.136. The summed E-state index contributed by atoms with van der Waals surface area (Å²) >= 11 is 0. The third-order valence-electron chi connectivity index (χ3n) is 2.90. The van der Waals surface area contributed by atoms with Gasteiger partial charge in [0.05, 0.1) is 12.7 Å². The van der Waals surface area contributed by atoms with E-state index in [2.05, 4.69) is 10.1 Å². The predicted molar refractivity (Wildman–Crippen MR) is 63.5 cm³/mol. The SMILES string of the molecule is COC(=O)C1=C(O)CC(c2ccccc2)NC1. The van der Waals surface area contributed by atoms with Gasteiger partial charge in [-0.25, -0.2) is 4.79 Å². The molecule has 0 bridgehead atoms. The van der Waals surface area contributed by atoms with Crippen molar-refractivity contribution in [3.05, 3.63) is 47.2 Å². The summed E-state index contributed by atoms with van der Waals surface area (Å²) in [4.78, 5) is 11.3. The molecule has 1 aromatic carbocycles. The quantitative estimate of drug-likeness (QED) is 0.763. The maximum absolute atomic E-state index is 11.3. The number of benzene rings is 1. The van der Waals surface area contributed by atoms with E-state index in [1.165, 1.54) is 7.11 Å². The molecule has 0 spiro atoms. The Balaban J connectivity index is 2.15. The van der Waals surface area contributed by atoms with Crippen molar-refractivity contribution in [1.29, 1.82) is 0 Å². The summed E-state index contributed by atoms with van der Waals surface area (Å²) in [5.41, 5.74) is 1.42. The normalized spacial score (nSPS) is 20.2. The van der Waals surface area contributed by atoms with Crippen LogP contribution >= 0.6 is 0 Å². The van der Waals surface area contributed by atoms with Gasteiger partial charge in [-0.05, 0) is 5.56 Å². The Labute approximate surface area is 99.9 Å². The lowest BCUT2D eigenvalue weighted by Crippen LogP contribution is -2.32. The average molecular weight is 233 g/mol. The molecule has 0 radical (unpaired) electrons. The summed E-state index contributed by atoms with van der Waals surface area (Å²) in [6.07, 6.45) is 0.411. The number of nitrogens with one attached hydrogen (secondary N) is 1. The van der Waals surface area contributed by atoms with E-state index in [-0.39, 0.29) is 11.8 Å². The van der Waals surface area contributed by atoms with Crippen molar-refractivity contribution < 1.29 is 14.6 Å². The number of hydrogen-bond donors (Lipinski definition) is 2. The molecule has 0 aromatic heterocycles. The van der Waals surface area contributed by atoms with Crippen molar-refractivity contribution in [3.63, 3.8) is 0 Å². The summed E-state index contributed by atoms with van der Waals surface area (Å²) in [5, 5.41) is 13.1. The van der Waals surface area contributed by atoms with Crippen LogP contribution in [-0.2, 0) is 9.53 Å². The molecule has 90 valence electrons. The first-order valence-electron chi connectivity index (χ1n) is 5.50. The van der Waals surface area contributed by atoms with Crippen LogP contribution in [0.1, 0.15) is 18.0 Å². The summed E-state index contributed by atoms with van der Waals surface area (Å²) in [6.45, 7) is 0.331. The van der Waals surface area contributed by atoms with Crippen molar-refractivity contribution in [2.75, 3.05) is 13.7 Å². The van der Waals surface area contributed by atoms with E-state index in [1.54, 1.807) is 0 Å². The van der Waals surface area contributed by atoms with Crippen molar-refractivity contribution in [2.24, 2.45) is 0 Å². The Morgan fingerprint density at radius 2 is 2.12 bits per heavy atom. The van der Waals surface area contributed by atoms with Crippen LogP contribution in [0.15, 0.2) is 41.7 Å². The summed E-state index contributed by atoms with van der Waals surface area (Å²) < 4.78 is 4.60. The molecule has 4 nitrogen and oxygen atoms in total. The van der Waals surface area contributed by atoms with Crippen LogP contribution < -0.4 is 5.32 Å². The summed E-state index contributed by atoms with van der Waals surface area (Å²) in [7, 11) is 1.31. The standard InChI is InChI=1S/C13H15NO3/c1-17-13(16)10-8-14-11(7-12(10)15)9-5-3-2-4-6-9/h2-6,11,14-15H,7-8H2,1H3. The highest BCUT2D eigenvalue weighted by Crippen LogP contribution is 2.25. The first kappa shape index (κ1) is 11.7. The van der Waals surface area contributed by atoms with Crippen LogP contribution in [0.2, 0.25) is 0 Å². The van der Waals surface area contributed by atoms with Crippen LogP contribution in [-0.4, -0.2) is 24.7 Å². The molecular formula is C13H15NO3. The van der Waals surface area contributed by atoms with E-state index in [0.29, 0.717) is 18.5 Å². The van der Waals surface area contributed by atoms with E-state index >= 15 is 0 Å². The van der Waals surface area contributed by atoms with Crippen molar-refractivity contribution in [2.45, 2.75) is 12.5 Å². The van der Waals surface area contributed by atoms with E-state index in [9.17, 15) is 9.90 Å². The van der Waals surface area contributed by atoms with Crippen LogP contribution in [0.4, 0.5) is 0 Å². The Bertz CT molecular complexity index is 439. The molecule has 1 atom stereocenters. The third-order valence-corrected chi connectivity index (χ3v) is 2.90. The van der Waals surface area contributed by atoms with E-state index in [0.717, 1.165) is 5.56 Å². The van der Waals surface area contributed by atoms with Gasteiger partial charge >= 0.3 is 5.97 Å². The molecule has 0 saturated carbocycles. The number of ether oxygens (including phenoxy) is 1. The second-order valence-corrected chi connectivity index (χ2v) is 3.97. The number of esters is 1. The van der Waals surface area contributed by atoms with Gasteiger partial charge in [0.2, 0.25) is 0 Å². The molecule has 1 aliphatic heterocycles. The molecule has 4 heteroatoms. The number of hydrogen-bond acceptors (Lipinski definition) is 4.